The van der Waals surface area contributed by atoms with Gasteiger partial charge in [-0.1, -0.05) is 31.0 Å². The molecule has 0 radical (unpaired) electrons. The van der Waals surface area contributed by atoms with Crippen LogP contribution in [0.3, 0.4) is 0 Å². The molecule has 132 valence electrons. The fraction of sp³-hybridized carbons (Fsp3) is 0.632. The zero-order valence-corrected chi connectivity index (χ0v) is 14.7. The van der Waals surface area contributed by atoms with Gasteiger partial charge in [-0.2, -0.15) is 0 Å². The van der Waals surface area contributed by atoms with Crippen LogP contribution in [0.15, 0.2) is 30.3 Å². The lowest BCUT2D eigenvalue weighted by Crippen LogP contribution is -2.69. The van der Waals surface area contributed by atoms with Crippen LogP contribution in [-0.4, -0.2) is 46.3 Å². The predicted octanol–water partition coefficient (Wildman–Crippen LogP) is 2.96. The van der Waals surface area contributed by atoms with Crippen LogP contribution in [0.1, 0.15) is 46.0 Å². The average molecular weight is 331 g/mol. The molecule has 2 fully saturated rings. The van der Waals surface area contributed by atoms with Gasteiger partial charge in [-0.15, -0.1) is 0 Å². The van der Waals surface area contributed by atoms with E-state index in [1.54, 1.807) is 0 Å². The topological polar surface area (TPSA) is 64.6 Å². The second-order valence-electron chi connectivity index (χ2n) is 7.40. The van der Waals surface area contributed by atoms with E-state index >= 15 is 0 Å². The van der Waals surface area contributed by atoms with E-state index in [0.29, 0.717) is 6.54 Å². The van der Waals surface area contributed by atoms with Crippen molar-refractivity contribution in [2.45, 2.75) is 69.7 Å². The molecule has 0 aromatic heterocycles. The molecule has 1 saturated carbocycles. The lowest BCUT2D eigenvalue weighted by molar-refractivity contribution is -0.0970. The molecule has 24 heavy (non-hydrogen) atoms. The van der Waals surface area contributed by atoms with Crippen LogP contribution in [-0.2, 0) is 0 Å². The Morgan fingerprint density at radius 2 is 2.00 bits per heavy atom. The lowest BCUT2D eigenvalue weighted by atomic mass is 9.71. The maximum absolute atomic E-state index is 12.6. The van der Waals surface area contributed by atoms with Crippen LogP contribution in [0.2, 0.25) is 0 Å². The summed E-state index contributed by atoms with van der Waals surface area (Å²) in [6.07, 6.45) is 4.45. The Bertz CT molecular complexity index is 563. The third-order valence-electron chi connectivity index (χ3n) is 5.31. The highest BCUT2D eigenvalue weighted by molar-refractivity contribution is 5.75. The van der Waals surface area contributed by atoms with Crippen molar-refractivity contribution in [1.29, 1.82) is 0 Å². The molecule has 1 aliphatic heterocycles. The van der Waals surface area contributed by atoms with Crippen molar-refractivity contribution in [3.05, 3.63) is 30.3 Å². The number of carbonyl (C=O) groups excluding carboxylic acids is 1. The van der Waals surface area contributed by atoms with Crippen molar-refractivity contribution in [3.63, 3.8) is 0 Å². The number of nitrogens with one attached hydrogen (secondary N) is 2. The summed E-state index contributed by atoms with van der Waals surface area (Å²) in [5.41, 5.74) is 0.168. The molecule has 2 aliphatic rings. The van der Waals surface area contributed by atoms with Crippen molar-refractivity contribution in [1.82, 2.24) is 10.2 Å². The van der Waals surface area contributed by atoms with E-state index in [0.717, 1.165) is 37.8 Å². The third kappa shape index (κ3) is 3.36. The van der Waals surface area contributed by atoms with Gasteiger partial charge in [0.15, 0.2) is 0 Å². The van der Waals surface area contributed by atoms with E-state index in [9.17, 15) is 9.90 Å². The van der Waals surface area contributed by atoms with Gasteiger partial charge < -0.3 is 20.6 Å². The highest BCUT2D eigenvalue weighted by Gasteiger charge is 2.52. The van der Waals surface area contributed by atoms with Gasteiger partial charge in [0, 0.05) is 18.3 Å². The fourth-order valence-electron chi connectivity index (χ4n) is 4.17. The molecule has 5 nitrogen and oxygen atoms in total. The average Bonchev–Trinajstić information content (AvgIpc) is 2.55. The number of piperidine rings is 1. The van der Waals surface area contributed by atoms with Gasteiger partial charge in [-0.3, -0.25) is 0 Å². The lowest BCUT2D eigenvalue weighted by Gasteiger charge is -2.53. The summed E-state index contributed by atoms with van der Waals surface area (Å²) < 4.78 is 0. The van der Waals surface area contributed by atoms with Crippen molar-refractivity contribution in [2.75, 3.05) is 11.9 Å². The molecule has 3 N–H and O–H groups in total. The van der Waals surface area contributed by atoms with Gasteiger partial charge >= 0.3 is 6.03 Å². The molecule has 1 heterocycles. The highest BCUT2D eigenvalue weighted by atomic mass is 16.3. The van der Waals surface area contributed by atoms with Crippen LogP contribution < -0.4 is 10.6 Å². The van der Waals surface area contributed by atoms with E-state index in [-0.39, 0.29) is 24.2 Å². The number of hydrogen-bond acceptors (Lipinski definition) is 3. The minimum Gasteiger partial charge on any atom is -0.386 e. The zero-order chi connectivity index (χ0) is 17.2. The number of benzene rings is 1. The Labute approximate surface area is 144 Å². The van der Waals surface area contributed by atoms with E-state index in [2.05, 4.69) is 10.6 Å². The second-order valence-corrected chi connectivity index (χ2v) is 7.40. The van der Waals surface area contributed by atoms with Crippen molar-refractivity contribution < 1.29 is 9.90 Å². The summed E-state index contributed by atoms with van der Waals surface area (Å²) >= 11 is 0. The Morgan fingerprint density at radius 1 is 1.25 bits per heavy atom. The summed E-state index contributed by atoms with van der Waals surface area (Å²) in [4.78, 5) is 14.4. The largest absolute Gasteiger partial charge is 0.386 e. The standard InChI is InChI=1S/C19H29N3O2/c1-14(2)20-18(23)22-13-11-16(21-15-8-4-3-5-9-15)19(24)12-7-6-10-17(19)22/h3-5,8-9,14,16-17,21,24H,6-7,10-13H2,1-2H3,(H,20,23)/t16?,17-,19?/m0/s1. The van der Waals surface area contributed by atoms with Crippen LogP contribution in [0.25, 0.3) is 0 Å². The second kappa shape index (κ2) is 7.01. The fourth-order valence-corrected chi connectivity index (χ4v) is 4.17. The zero-order valence-electron chi connectivity index (χ0n) is 14.7. The number of hydrogen-bond donors (Lipinski definition) is 3. The smallest absolute Gasteiger partial charge is 0.317 e. The summed E-state index contributed by atoms with van der Waals surface area (Å²) in [5, 5.41) is 18.0. The van der Waals surface area contributed by atoms with Gasteiger partial charge in [0.1, 0.15) is 5.60 Å². The molecule has 3 atom stereocenters. The number of carbonyl (C=O) groups is 1. The van der Waals surface area contributed by atoms with E-state index in [1.807, 2.05) is 49.1 Å². The Kier molecular flexibility index (Phi) is 4.99. The Hall–Kier alpha value is -1.75. The minimum atomic E-state index is -0.860. The summed E-state index contributed by atoms with van der Waals surface area (Å²) in [5.74, 6) is 0. The molecule has 0 bridgehead atoms. The number of amides is 2. The van der Waals surface area contributed by atoms with Crippen LogP contribution in [0.5, 0.6) is 0 Å². The number of anilines is 1. The van der Waals surface area contributed by atoms with Gasteiger partial charge in [0.25, 0.3) is 0 Å². The first-order valence-electron chi connectivity index (χ1n) is 9.12. The van der Waals surface area contributed by atoms with E-state index in [4.69, 9.17) is 0 Å². The molecule has 1 aromatic carbocycles. The molecule has 1 aliphatic carbocycles. The highest BCUT2D eigenvalue weighted by Crippen LogP contribution is 2.40. The van der Waals surface area contributed by atoms with Gasteiger partial charge in [-0.05, 0) is 45.2 Å². The molecule has 5 heteroatoms. The van der Waals surface area contributed by atoms with Crippen LogP contribution in [0.4, 0.5) is 10.5 Å². The van der Waals surface area contributed by atoms with Gasteiger partial charge in [-0.25, -0.2) is 4.79 Å². The molecule has 1 aromatic rings. The number of urea groups is 1. The SMILES string of the molecule is CC(C)NC(=O)N1CCC(Nc2ccccc2)C2(O)CCCC[C@H]12. The quantitative estimate of drug-likeness (QED) is 0.798. The number of likely N-dealkylation sites (tertiary alicyclic amines) is 1. The molecule has 1 saturated heterocycles. The van der Waals surface area contributed by atoms with Crippen LogP contribution in [0, 0.1) is 0 Å². The summed E-state index contributed by atoms with van der Waals surface area (Å²) in [6, 6.07) is 9.96. The first-order chi connectivity index (χ1) is 11.5. The number of para-hydroxylation sites is 1. The summed E-state index contributed by atoms with van der Waals surface area (Å²) in [7, 11) is 0. The van der Waals surface area contributed by atoms with Gasteiger partial charge in [0.05, 0.1) is 12.1 Å². The van der Waals surface area contributed by atoms with Crippen LogP contribution >= 0.6 is 0 Å². The van der Waals surface area contributed by atoms with Crippen molar-refractivity contribution in [3.8, 4) is 0 Å². The molecule has 2 unspecified atom stereocenters. The maximum atomic E-state index is 12.6. The molecular weight excluding hydrogens is 302 g/mol. The monoisotopic (exact) mass is 331 g/mol. The molecule has 0 spiro atoms. The van der Waals surface area contributed by atoms with E-state index in [1.165, 1.54) is 0 Å². The first kappa shape index (κ1) is 17.1. The molecular formula is C19H29N3O2. The summed E-state index contributed by atoms with van der Waals surface area (Å²) in [6.45, 7) is 4.61. The number of aliphatic hydroxyl groups is 1. The molecule has 3 rings (SSSR count). The maximum Gasteiger partial charge on any atom is 0.317 e. The Balaban J connectivity index is 1.79. The first-order valence-corrected chi connectivity index (χ1v) is 9.12. The number of rotatable bonds is 3. The number of nitrogens with zero attached hydrogens (tertiary/aromatic N) is 1. The predicted molar refractivity (Wildman–Crippen MR) is 96.0 cm³/mol. The molecule has 2 amide bonds. The van der Waals surface area contributed by atoms with E-state index < -0.39 is 5.60 Å². The number of fused-ring (bicyclic) bond motifs is 1. The van der Waals surface area contributed by atoms with Crippen molar-refractivity contribution >= 4 is 11.7 Å². The normalized spacial score (nSPS) is 29.9. The van der Waals surface area contributed by atoms with Crippen molar-refractivity contribution in [2.24, 2.45) is 0 Å². The van der Waals surface area contributed by atoms with Gasteiger partial charge in [0.2, 0.25) is 0 Å². The third-order valence-corrected chi connectivity index (χ3v) is 5.31. The minimum absolute atomic E-state index is 0.0201. The Morgan fingerprint density at radius 3 is 2.71 bits per heavy atom.